The molecule has 0 unspecified atom stereocenters. The number of likely N-dealkylation sites (tertiary alicyclic amines) is 1. The van der Waals surface area contributed by atoms with Crippen molar-refractivity contribution in [1.29, 1.82) is 0 Å². The van der Waals surface area contributed by atoms with Gasteiger partial charge < -0.3 is 20.3 Å². The minimum atomic E-state index is -0.268. The molecule has 2 amide bonds. The molecule has 6 heteroatoms. The predicted molar refractivity (Wildman–Crippen MR) is 87.7 cm³/mol. The van der Waals surface area contributed by atoms with E-state index in [0.29, 0.717) is 19.0 Å². The molecule has 0 aromatic heterocycles. The lowest BCUT2D eigenvalue weighted by Gasteiger charge is -2.31. The van der Waals surface area contributed by atoms with E-state index in [9.17, 15) is 9.18 Å². The average Bonchev–Trinajstić information content (AvgIpc) is 2.58. The Balaban J connectivity index is 1.59. The molecule has 0 atom stereocenters. The van der Waals surface area contributed by atoms with E-state index in [4.69, 9.17) is 4.74 Å². The lowest BCUT2D eigenvalue weighted by Crippen LogP contribution is -2.42. The van der Waals surface area contributed by atoms with Crippen molar-refractivity contribution in [2.45, 2.75) is 19.4 Å². The Bertz CT molecular complexity index is 473. The van der Waals surface area contributed by atoms with Crippen LogP contribution in [0.25, 0.3) is 0 Å². The zero-order valence-electron chi connectivity index (χ0n) is 13.7. The van der Waals surface area contributed by atoms with Gasteiger partial charge in [0.25, 0.3) is 0 Å². The van der Waals surface area contributed by atoms with E-state index in [-0.39, 0.29) is 11.8 Å². The Labute approximate surface area is 137 Å². The topological polar surface area (TPSA) is 53.6 Å². The Hall–Kier alpha value is -1.66. The Kier molecular flexibility index (Phi) is 7.29. The normalized spacial score (nSPS) is 16.3. The molecule has 2 rings (SSSR count). The summed E-state index contributed by atoms with van der Waals surface area (Å²) in [5.41, 5.74) is 0.882. The van der Waals surface area contributed by atoms with Gasteiger partial charge in [-0.15, -0.1) is 0 Å². The number of rotatable bonds is 7. The summed E-state index contributed by atoms with van der Waals surface area (Å²) >= 11 is 0. The van der Waals surface area contributed by atoms with Gasteiger partial charge in [-0.2, -0.15) is 0 Å². The van der Waals surface area contributed by atoms with E-state index in [1.54, 1.807) is 19.2 Å². The van der Waals surface area contributed by atoms with Crippen LogP contribution in [0.1, 0.15) is 18.4 Å². The van der Waals surface area contributed by atoms with Crippen LogP contribution < -0.4 is 10.6 Å². The quantitative estimate of drug-likeness (QED) is 0.807. The molecule has 1 heterocycles. The minimum Gasteiger partial charge on any atom is -0.383 e. The van der Waals surface area contributed by atoms with E-state index in [2.05, 4.69) is 15.5 Å². The van der Waals surface area contributed by atoms with Crippen LogP contribution >= 0.6 is 0 Å². The molecule has 0 saturated carbocycles. The van der Waals surface area contributed by atoms with E-state index in [0.717, 1.165) is 44.6 Å². The second-order valence-electron chi connectivity index (χ2n) is 5.97. The van der Waals surface area contributed by atoms with Crippen molar-refractivity contribution in [3.8, 4) is 0 Å². The van der Waals surface area contributed by atoms with E-state index in [1.165, 1.54) is 12.1 Å². The standard InChI is InChI=1S/C17H26FN3O2/c1-23-11-10-21-8-6-15(7-9-21)13-20-17(22)19-12-14-2-4-16(18)5-3-14/h2-5,15H,6-13H2,1H3,(H2,19,20,22). The summed E-state index contributed by atoms with van der Waals surface area (Å²) in [5.74, 6) is 0.264. The maximum atomic E-state index is 12.8. The van der Waals surface area contributed by atoms with Gasteiger partial charge in [0.15, 0.2) is 0 Å². The molecule has 5 nitrogen and oxygen atoms in total. The molecular formula is C17H26FN3O2. The summed E-state index contributed by atoms with van der Waals surface area (Å²) in [4.78, 5) is 14.2. The van der Waals surface area contributed by atoms with Crippen LogP contribution in [0.4, 0.5) is 9.18 Å². The van der Waals surface area contributed by atoms with Crippen LogP contribution in [-0.4, -0.2) is 50.8 Å². The number of ether oxygens (including phenoxy) is 1. The van der Waals surface area contributed by atoms with Crippen molar-refractivity contribution < 1.29 is 13.9 Å². The van der Waals surface area contributed by atoms with Crippen molar-refractivity contribution in [1.82, 2.24) is 15.5 Å². The van der Waals surface area contributed by atoms with Crippen LogP contribution in [0.2, 0.25) is 0 Å². The monoisotopic (exact) mass is 323 g/mol. The third-order valence-corrected chi connectivity index (χ3v) is 4.24. The number of methoxy groups -OCH3 is 1. The summed E-state index contributed by atoms with van der Waals surface area (Å²) in [7, 11) is 1.72. The molecular weight excluding hydrogens is 297 g/mol. The number of hydrogen-bond acceptors (Lipinski definition) is 3. The number of nitrogens with one attached hydrogen (secondary N) is 2. The highest BCUT2D eigenvalue weighted by Gasteiger charge is 2.19. The van der Waals surface area contributed by atoms with Gasteiger partial charge in [-0.3, -0.25) is 0 Å². The molecule has 0 aliphatic carbocycles. The smallest absolute Gasteiger partial charge is 0.315 e. The molecule has 0 radical (unpaired) electrons. The fourth-order valence-corrected chi connectivity index (χ4v) is 2.72. The molecule has 1 fully saturated rings. The van der Waals surface area contributed by atoms with Gasteiger partial charge >= 0.3 is 6.03 Å². The van der Waals surface area contributed by atoms with Gasteiger partial charge in [-0.05, 0) is 49.5 Å². The SMILES string of the molecule is COCCN1CCC(CNC(=O)NCc2ccc(F)cc2)CC1. The van der Waals surface area contributed by atoms with Gasteiger partial charge in [0.1, 0.15) is 5.82 Å². The summed E-state index contributed by atoms with van der Waals surface area (Å²) in [6, 6.07) is 5.96. The number of hydrogen-bond donors (Lipinski definition) is 2. The van der Waals surface area contributed by atoms with Crippen LogP contribution in [0, 0.1) is 11.7 Å². The molecule has 2 N–H and O–H groups in total. The van der Waals surface area contributed by atoms with Gasteiger partial charge in [0.2, 0.25) is 0 Å². The highest BCUT2D eigenvalue weighted by molar-refractivity contribution is 5.73. The molecule has 1 saturated heterocycles. The molecule has 1 aromatic rings. The lowest BCUT2D eigenvalue weighted by molar-refractivity contribution is 0.120. The molecule has 128 valence electrons. The number of halogens is 1. The van der Waals surface area contributed by atoms with Crippen LogP contribution in [0.15, 0.2) is 24.3 Å². The number of amides is 2. The first-order valence-electron chi connectivity index (χ1n) is 8.15. The fourth-order valence-electron chi connectivity index (χ4n) is 2.72. The number of carbonyl (C=O) groups excluding carboxylic acids is 1. The number of carbonyl (C=O) groups is 1. The van der Waals surface area contributed by atoms with Gasteiger partial charge in [0, 0.05) is 26.7 Å². The number of benzene rings is 1. The number of piperidine rings is 1. The Morgan fingerprint density at radius 1 is 1.26 bits per heavy atom. The third kappa shape index (κ3) is 6.54. The van der Waals surface area contributed by atoms with Crippen LogP contribution in [0.5, 0.6) is 0 Å². The van der Waals surface area contributed by atoms with Crippen molar-refractivity contribution in [3.63, 3.8) is 0 Å². The summed E-state index contributed by atoms with van der Waals surface area (Å²) in [6.07, 6.45) is 2.20. The maximum Gasteiger partial charge on any atom is 0.315 e. The van der Waals surface area contributed by atoms with Crippen molar-refractivity contribution >= 4 is 6.03 Å². The first kappa shape index (κ1) is 17.7. The second kappa shape index (κ2) is 9.47. The van der Waals surface area contributed by atoms with Crippen molar-refractivity contribution in [2.75, 3.05) is 39.9 Å². The number of nitrogens with zero attached hydrogens (tertiary/aromatic N) is 1. The summed E-state index contributed by atoms with van der Waals surface area (Å²) < 4.78 is 17.9. The van der Waals surface area contributed by atoms with E-state index >= 15 is 0 Å². The Morgan fingerprint density at radius 2 is 1.96 bits per heavy atom. The molecule has 23 heavy (non-hydrogen) atoms. The Morgan fingerprint density at radius 3 is 2.61 bits per heavy atom. The molecule has 0 bridgehead atoms. The molecule has 1 aromatic carbocycles. The van der Waals surface area contributed by atoms with E-state index < -0.39 is 0 Å². The van der Waals surface area contributed by atoms with Gasteiger partial charge in [0.05, 0.1) is 6.61 Å². The summed E-state index contributed by atoms with van der Waals surface area (Å²) in [5, 5.41) is 5.72. The predicted octanol–water partition coefficient (Wildman–Crippen LogP) is 1.98. The largest absolute Gasteiger partial charge is 0.383 e. The second-order valence-corrected chi connectivity index (χ2v) is 5.97. The highest BCUT2D eigenvalue weighted by Crippen LogP contribution is 2.15. The van der Waals surface area contributed by atoms with Crippen LogP contribution in [0.3, 0.4) is 0 Å². The zero-order valence-corrected chi connectivity index (χ0v) is 13.7. The molecule has 1 aliphatic heterocycles. The fraction of sp³-hybridized carbons (Fsp3) is 0.588. The van der Waals surface area contributed by atoms with Crippen molar-refractivity contribution in [2.24, 2.45) is 5.92 Å². The maximum absolute atomic E-state index is 12.8. The minimum absolute atomic E-state index is 0.170. The molecule has 1 aliphatic rings. The average molecular weight is 323 g/mol. The van der Waals surface area contributed by atoms with Gasteiger partial charge in [-0.25, -0.2) is 9.18 Å². The van der Waals surface area contributed by atoms with Crippen LogP contribution in [-0.2, 0) is 11.3 Å². The third-order valence-electron chi connectivity index (χ3n) is 4.24. The van der Waals surface area contributed by atoms with Gasteiger partial charge in [-0.1, -0.05) is 12.1 Å². The van der Waals surface area contributed by atoms with Crippen molar-refractivity contribution in [3.05, 3.63) is 35.6 Å². The number of urea groups is 1. The highest BCUT2D eigenvalue weighted by atomic mass is 19.1. The lowest BCUT2D eigenvalue weighted by atomic mass is 9.97. The molecule has 0 spiro atoms. The zero-order chi connectivity index (χ0) is 16.5. The van der Waals surface area contributed by atoms with E-state index in [1.807, 2.05) is 0 Å². The summed E-state index contributed by atoms with van der Waals surface area (Å²) in [6.45, 7) is 4.98. The first-order valence-corrected chi connectivity index (χ1v) is 8.15. The first-order chi connectivity index (χ1) is 11.2.